The van der Waals surface area contributed by atoms with Crippen molar-refractivity contribution in [3.05, 3.63) is 131 Å². The number of amides is 3. The van der Waals surface area contributed by atoms with Gasteiger partial charge in [-0.05, 0) is 52.6 Å². The van der Waals surface area contributed by atoms with Crippen molar-refractivity contribution in [3.8, 4) is 11.1 Å². The molecule has 0 spiro atoms. The predicted molar refractivity (Wildman–Crippen MR) is 196 cm³/mol. The topological polar surface area (TPSA) is 140 Å². The SMILES string of the molecule is O=C(CC[C@H](NC(=O)[C@@]1(C(F)(F)F)CCCN1C(=O)CNC(=O)OCC1c2ccccc2-c2ccccc21)C(=O)OCc1ccccc1)OCc1ccccc1. The van der Waals surface area contributed by atoms with Gasteiger partial charge in [0.1, 0.15) is 32.4 Å². The minimum absolute atomic E-state index is 0.0759. The first-order valence-electron chi connectivity index (χ1n) is 18.1. The second-order valence-electron chi connectivity index (χ2n) is 13.5. The summed E-state index contributed by atoms with van der Waals surface area (Å²) in [5.41, 5.74) is 1.79. The van der Waals surface area contributed by atoms with E-state index in [1.807, 2.05) is 48.5 Å². The number of likely N-dealkylation sites (tertiary alicyclic amines) is 1. The third-order valence-electron chi connectivity index (χ3n) is 9.95. The molecule has 4 aromatic carbocycles. The molecule has 11 nitrogen and oxygen atoms in total. The Kier molecular flexibility index (Phi) is 12.4. The molecule has 0 radical (unpaired) electrons. The van der Waals surface area contributed by atoms with Gasteiger partial charge in [-0.1, -0.05) is 109 Å². The van der Waals surface area contributed by atoms with E-state index in [1.165, 1.54) is 0 Å². The summed E-state index contributed by atoms with van der Waals surface area (Å²) in [6, 6.07) is 30.8. The molecule has 1 heterocycles. The molecule has 14 heteroatoms. The zero-order valence-corrected chi connectivity index (χ0v) is 30.3. The lowest BCUT2D eigenvalue weighted by Gasteiger charge is -2.39. The molecule has 1 saturated heterocycles. The van der Waals surface area contributed by atoms with Gasteiger partial charge in [0.05, 0.1) is 0 Å². The molecule has 3 amide bonds. The number of alkyl carbamates (subject to hydrolysis) is 1. The summed E-state index contributed by atoms with van der Waals surface area (Å²) in [6.07, 6.45) is -8.20. The van der Waals surface area contributed by atoms with E-state index in [2.05, 4.69) is 10.6 Å². The van der Waals surface area contributed by atoms with E-state index in [9.17, 15) is 24.0 Å². The molecule has 2 atom stereocenters. The van der Waals surface area contributed by atoms with E-state index in [-0.39, 0.29) is 32.2 Å². The van der Waals surface area contributed by atoms with Crippen LogP contribution in [0.2, 0.25) is 0 Å². The largest absolute Gasteiger partial charge is 0.461 e. The van der Waals surface area contributed by atoms with Gasteiger partial charge in [-0.3, -0.25) is 14.4 Å². The minimum atomic E-state index is -5.29. The van der Waals surface area contributed by atoms with Crippen LogP contribution in [0.4, 0.5) is 18.0 Å². The second kappa shape index (κ2) is 17.5. The number of alkyl halides is 3. The zero-order valence-electron chi connectivity index (χ0n) is 30.3. The molecule has 4 aromatic rings. The monoisotopic (exact) mass is 771 g/mol. The third-order valence-corrected chi connectivity index (χ3v) is 9.95. The van der Waals surface area contributed by atoms with Crippen LogP contribution in [0.15, 0.2) is 109 Å². The highest BCUT2D eigenvalue weighted by Crippen LogP contribution is 2.45. The molecular formula is C42H40F3N3O8. The number of halogens is 3. The minimum Gasteiger partial charge on any atom is -0.461 e. The number of hydrogen-bond donors (Lipinski definition) is 2. The summed E-state index contributed by atoms with van der Waals surface area (Å²) in [7, 11) is 0. The van der Waals surface area contributed by atoms with E-state index < -0.39 is 80.0 Å². The number of benzene rings is 4. The number of esters is 2. The molecule has 2 N–H and O–H groups in total. The third kappa shape index (κ3) is 8.85. The highest BCUT2D eigenvalue weighted by atomic mass is 19.4. The molecular weight excluding hydrogens is 731 g/mol. The van der Waals surface area contributed by atoms with Gasteiger partial charge < -0.3 is 29.7 Å². The fourth-order valence-electron chi connectivity index (χ4n) is 7.14. The number of carbonyl (C=O) groups excluding carboxylic acids is 5. The average molecular weight is 772 g/mol. The molecule has 292 valence electrons. The lowest BCUT2D eigenvalue weighted by atomic mass is 9.92. The van der Waals surface area contributed by atoms with Gasteiger partial charge >= 0.3 is 24.2 Å². The van der Waals surface area contributed by atoms with Crippen molar-refractivity contribution in [1.29, 1.82) is 0 Å². The van der Waals surface area contributed by atoms with Crippen LogP contribution >= 0.6 is 0 Å². The van der Waals surface area contributed by atoms with Crippen LogP contribution in [0.5, 0.6) is 0 Å². The molecule has 0 saturated carbocycles. The Balaban J connectivity index is 1.11. The summed E-state index contributed by atoms with van der Waals surface area (Å²) in [5.74, 6) is -4.98. The predicted octanol–water partition coefficient (Wildman–Crippen LogP) is 6.20. The van der Waals surface area contributed by atoms with Crippen LogP contribution < -0.4 is 10.6 Å². The Morgan fingerprint density at radius 2 is 1.30 bits per heavy atom. The zero-order chi connectivity index (χ0) is 39.7. The van der Waals surface area contributed by atoms with E-state index in [0.29, 0.717) is 16.0 Å². The highest BCUT2D eigenvalue weighted by Gasteiger charge is 2.67. The maximum Gasteiger partial charge on any atom is 0.420 e. The fourth-order valence-corrected chi connectivity index (χ4v) is 7.14. The number of nitrogens with zero attached hydrogens (tertiary/aromatic N) is 1. The molecule has 1 aliphatic carbocycles. The first kappa shape index (κ1) is 39.5. The summed E-state index contributed by atoms with van der Waals surface area (Å²) >= 11 is 0. The fraction of sp³-hybridized carbons (Fsp3) is 0.310. The van der Waals surface area contributed by atoms with Crippen molar-refractivity contribution in [3.63, 3.8) is 0 Å². The second-order valence-corrected chi connectivity index (χ2v) is 13.5. The Morgan fingerprint density at radius 3 is 1.89 bits per heavy atom. The van der Waals surface area contributed by atoms with Crippen LogP contribution in [-0.2, 0) is 46.6 Å². The lowest BCUT2D eigenvalue weighted by molar-refractivity contribution is -0.222. The molecule has 56 heavy (non-hydrogen) atoms. The number of nitrogens with one attached hydrogen (secondary N) is 2. The van der Waals surface area contributed by atoms with Gasteiger partial charge in [-0.2, -0.15) is 13.2 Å². The number of hydrogen-bond acceptors (Lipinski definition) is 8. The summed E-state index contributed by atoms with van der Waals surface area (Å²) in [4.78, 5) is 66.3. The molecule has 0 bridgehead atoms. The van der Waals surface area contributed by atoms with Crippen molar-refractivity contribution in [1.82, 2.24) is 15.5 Å². The number of carbonyl (C=O) groups is 5. The highest BCUT2D eigenvalue weighted by molar-refractivity contribution is 5.96. The van der Waals surface area contributed by atoms with Gasteiger partial charge in [0.2, 0.25) is 11.4 Å². The summed E-state index contributed by atoms with van der Waals surface area (Å²) in [5, 5.41) is 4.37. The van der Waals surface area contributed by atoms with Crippen molar-refractivity contribution in [2.45, 2.75) is 62.6 Å². The van der Waals surface area contributed by atoms with Crippen molar-refractivity contribution >= 4 is 29.8 Å². The molecule has 1 aliphatic heterocycles. The smallest absolute Gasteiger partial charge is 0.420 e. The molecule has 6 rings (SSSR count). The Morgan fingerprint density at radius 1 is 0.750 bits per heavy atom. The Labute approximate surface area is 321 Å². The van der Waals surface area contributed by atoms with Crippen LogP contribution in [-0.4, -0.2) is 72.2 Å². The lowest BCUT2D eigenvalue weighted by Crippen LogP contribution is -2.67. The molecule has 2 aliphatic rings. The first-order chi connectivity index (χ1) is 27.0. The quantitative estimate of drug-likeness (QED) is 0.114. The Hall–Kier alpha value is -6.18. The average Bonchev–Trinajstić information content (AvgIpc) is 3.81. The van der Waals surface area contributed by atoms with Crippen molar-refractivity contribution in [2.24, 2.45) is 0 Å². The van der Waals surface area contributed by atoms with E-state index in [4.69, 9.17) is 14.2 Å². The van der Waals surface area contributed by atoms with Crippen LogP contribution in [0, 0.1) is 0 Å². The van der Waals surface area contributed by atoms with E-state index in [1.54, 1.807) is 60.7 Å². The maximum atomic E-state index is 15.1. The van der Waals surface area contributed by atoms with Gasteiger partial charge in [0.25, 0.3) is 5.91 Å². The van der Waals surface area contributed by atoms with Gasteiger partial charge in [-0.25, -0.2) is 9.59 Å². The summed E-state index contributed by atoms with van der Waals surface area (Å²) < 4.78 is 61.2. The normalized spacial score (nSPS) is 16.6. The first-order valence-corrected chi connectivity index (χ1v) is 18.1. The van der Waals surface area contributed by atoms with Crippen molar-refractivity contribution < 1.29 is 51.4 Å². The van der Waals surface area contributed by atoms with Gasteiger partial charge in [0.15, 0.2) is 0 Å². The number of ether oxygens (including phenoxy) is 3. The van der Waals surface area contributed by atoms with Crippen LogP contribution in [0.3, 0.4) is 0 Å². The van der Waals surface area contributed by atoms with E-state index in [0.717, 1.165) is 22.3 Å². The molecule has 0 aromatic heterocycles. The molecule has 0 unspecified atom stereocenters. The van der Waals surface area contributed by atoms with Crippen molar-refractivity contribution in [2.75, 3.05) is 19.7 Å². The number of fused-ring (bicyclic) bond motifs is 3. The maximum absolute atomic E-state index is 15.1. The van der Waals surface area contributed by atoms with Gasteiger partial charge in [0, 0.05) is 18.9 Å². The summed E-state index contributed by atoms with van der Waals surface area (Å²) in [6.45, 7) is -1.76. The van der Waals surface area contributed by atoms with Crippen LogP contribution in [0.25, 0.3) is 11.1 Å². The van der Waals surface area contributed by atoms with Crippen LogP contribution in [0.1, 0.15) is 53.9 Å². The van der Waals surface area contributed by atoms with E-state index >= 15 is 13.2 Å². The number of rotatable bonds is 14. The standard InChI is InChI=1S/C42H40F3N3O8/c43-42(44,45)41(39(52)47-35(38(51)55-26-29-14-5-2-6-15-29)20-21-37(50)54-25-28-12-3-1-4-13-28)22-11-23-48(41)36(49)24-46-40(53)56-27-34-32-18-9-7-16-30(32)31-17-8-10-19-33(31)34/h1-10,12-19,34-35H,11,20-27H2,(H,46,53)(H,47,52)/t35-,41+/m0/s1. The Bertz CT molecular complexity index is 2000. The molecule has 1 fully saturated rings. The van der Waals surface area contributed by atoms with Gasteiger partial charge in [-0.15, -0.1) is 0 Å².